The molecule has 0 atom stereocenters. The highest BCUT2D eigenvalue weighted by atomic mass is 16.3. The highest BCUT2D eigenvalue weighted by molar-refractivity contribution is 5.95. The molecule has 0 spiro atoms. The number of furan rings is 1. The molecule has 1 saturated heterocycles. The summed E-state index contributed by atoms with van der Waals surface area (Å²) < 4.78 is 5.47. The van der Waals surface area contributed by atoms with Crippen molar-refractivity contribution in [3.05, 3.63) is 23.2 Å². The van der Waals surface area contributed by atoms with E-state index in [2.05, 4.69) is 4.90 Å². The molecule has 118 valence electrons. The van der Waals surface area contributed by atoms with Crippen LogP contribution in [0.3, 0.4) is 0 Å². The zero-order chi connectivity index (χ0) is 15.2. The molecule has 0 aliphatic carbocycles. The molecule has 2 heterocycles. The topological polar surface area (TPSA) is 62.7 Å². The lowest BCUT2D eigenvalue weighted by Crippen LogP contribution is -2.35. The molecule has 0 radical (unpaired) electrons. The molecule has 21 heavy (non-hydrogen) atoms. The predicted molar refractivity (Wildman–Crippen MR) is 83.4 cm³/mol. The molecular weight excluding hydrogens is 266 g/mol. The van der Waals surface area contributed by atoms with E-state index >= 15 is 0 Å². The van der Waals surface area contributed by atoms with Crippen LogP contribution in [0.2, 0.25) is 0 Å². The van der Waals surface area contributed by atoms with E-state index in [9.17, 15) is 4.79 Å². The second kappa shape index (κ2) is 7.61. The molecule has 1 fully saturated rings. The van der Waals surface area contributed by atoms with Gasteiger partial charge in [0.15, 0.2) is 0 Å². The smallest absolute Gasteiger partial charge is 0.257 e. The SMILES string of the molecule is Cc1cc(C(=O)N2CCCN(CCCCN)CC2)c(C)o1. The Hall–Kier alpha value is -1.33. The molecule has 1 aromatic heterocycles. The van der Waals surface area contributed by atoms with E-state index in [0.29, 0.717) is 5.56 Å². The average molecular weight is 293 g/mol. The first-order chi connectivity index (χ1) is 10.1. The highest BCUT2D eigenvalue weighted by Gasteiger charge is 2.23. The number of hydrogen-bond acceptors (Lipinski definition) is 4. The van der Waals surface area contributed by atoms with Gasteiger partial charge in [-0.15, -0.1) is 0 Å². The first-order valence-electron chi connectivity index (χ1n) is 7.90. The molecule has 1 aliphatic rings. The standard InChI is InChI=1S/C16H27N3O2/c1-13-12-15(14(2)21-13)16(20)19-9-5-8-18(10-11-19)7-4-3-6-17/h12H,3-11,17H2,1-2H3. The van der Waals surface area contributed by atoms with Crippen molar-refractivity contribution in [3.63, 3.8) is 0 Å². The monoisotopic (exact) mass is 293 g/mol. The van der Waals surface area contributed by atoms with Gasteiger partial charge in [-0.05, 0) is 58.8 Å². The fourth-order valence-electron chi connectivity index (χ4n) is 2.89. The van der Waals surface area contributed by atoms with Crippen LogP contribution in [0.15, 0.2) is 10.5 Å². The summed E-state index contributed by atoms with van der Waals surface area (Å²) in [5, 5.41) is 0. The molecule has 1 amide bonds. The Bertz CT molecular complexity index is 470. The summed E-state index contributed by atoms with van der Waals surface area (Å²) in [5.41, 5.74) is 6.25. The van der Waals surface area contributed by atoms with Crippen LogP contribution in [-0.2, 0) is 0 Å². The maximum atomic E-state index is 12.6. The number of hydrogen-bond donors (Lipinski definition) is 1. The van der Waals surface area contributed by atoms with Crippen LogP contribution in [-0.4, -0.2) is 55.0 Å². The van der Waals surface area contributed by atoms with Crippen LogP contribution in [0.4, 0.5) is 0 Å². The number of carbonyl (C=O) groups excluding carboxylic acids is 1. The van der Waals surface area contributed by atoms with Crippen molar-refractivity contribution in [1.29, 1.82) is 0 Å². The minimum absolute atomic E-state index is 0.105. The minimum atomic E-state index is 0.105. The van der Waals surface area contributed by atoms with Gasteiger partial charge in [0.1, 0.15) is 11.5 Å². The normalized spacial score (nSPS) is 17.0. The molecule has 1 aromatic rings. The molecule has 2 N–H and O–H groups in total. The lowest BCUT2D eigenvalue weighted by atomic mass is 10.2. The van der Waals surface area contributed by atoms with Crippen LogP contribution in [0, 0.1) is 13.8 Å². The van der Waals surface area contributed by atoms with Gasteiger partial charge in [-0.2, -0.15) is 0 Å². The Morgan fingerprint density at radius 1 is 1.24 bits per heavy atom. The van der Waals surface area contributed by atoms with E-state index in [4.69, 9.17) is 10.2 Å². The summed E-state index contributed by atoms with van der Waals surface area (Å²) in [7, 11) is 0. The van der Waals surface area contributed by atoms with Crippen molar-refractivity contribution in [2.45, 2.75) is 33.1 Å². The number of carbonyl (C=O) groups is 1. The minimum Gasteiger partial charge on any atom is -0.466 e. The number of unbranched alkanes of at least 4 members (excludes halogenated alkanes) is 1. The van der Waals surface area contributed by atoms with Gasteiger partial charge in [-0.3, -0.25) is 4.79 Å². The van der Waals surface area contributed by atoms with E-state index in [1.807, 2.05) is 24.8 Å². The van der Waals surface area contributed by atoms with Gasteiger partial charge in [0.05, 0.1) is 5.56 Å². The van der Waals surface area contributed by atoms with Crippen molar-refractivity contribution in [1.82, 2.24) is 9.80 Å². The molecule has 0 unspecified atom stereocenters. The number of amides is 1. The molecule has 2 rings (SSSR count). The summed E-state index contributed by atoms with van der Waals surface area (Å²) >= 11 is 0. The summed E-state index contributed by atoms with van der Waals surface area (Å²) in [6, 6.07) is 1.85. The zero-order valence-corrected chi connectivity index (χ0v) is 13.2. The van der Waals surface area contributed by atoms with Crippen molar-refractivity contribution >= 4 is 5.91 Å². The Balaban J connectivity index is 1.90. The average Bonchev–Trinajstić information content (AvgIpc) is 2.65. The summed E-state index contributed by atoms with van der Waals surface area (Å²) in [6.45, 7) is 9.23. The Labute approximate surface area is 127 Å². The van der Waals surface area contributed by atoms with Crippen molar-refractivity contribution in [2.75, 3.05) is 39.3 Å². The van der Waals surface area contributed by atoms with Crippen LogP contribution in [0.5, 0.6) is 0 Å². The summed E-state index contributed by atoms with van der Waals surface area (Å²) in [6.07, 6.45) is 3.25. The number of aryl methyl sites for hydroxylation is 2. The molecule has 0 saturated carbocycles. The van der Waals surface area contributed by atoms with Gasteiger partial charge < -0.3 is 20.0 Å². The number of nitrogens with two attached hydrogens (primary N) is 1. The van der Waals surface area contributed by atoms with Crippen LogP contribution >= 0.6 is 0 Å². The van der Waals surface area contributed by atoms with Gasteiger partial charge in [0, 0.05) is 19.6 Å². The fraction of sp³-hybridized carbons (Fsp3) is 0.688. The molecule has 0 aromatic carbocycles. The third-order valence-corrected chi connectivity index (χ3v) is 4.08. The summed E-state index contributed by atoms with van der Waals surface area (Å²) in [5.74, 6) is 1.63. The van der Waals surface area contributed by atoms with Crippen LogP contribution in [0.1, 0.15) is 41.1 Å². The van der Waals surface area contributed by atoms with Crippen molar-refractivity contribution in [3.8, 4) is 0 Å². The Kier molecular flexibility index (Phi) is 5.82. The Morgan fingerprint density at radius 2 is 2.05 bits per heavy atom. The van der Waals surface area contributed by atoms with E-state index in [1.54, 1.807) is 0 Å². The predicted octanol–water partition coefficient (Wildman–Crippen LogP) is 1.78. The molecule has 1 aliphatic heterocycles. The summed E-state index contributed by atoms with van der Waals surface area (Å²) in [4.78, 5) is 17.0. The largest absolute Gasteiger partial charge is 0.466 e. The van der Waals surface area contributed by atoms with Crippen molar-refractivity contribution in [2.24, 2.45) is 5.73 Å². The number of nitrogens with zero attached hydrogens (tertiary/aromatic N) is 2. The van der Waals surface area contributed by atoms with Gasteiger partial charge in [-0.1, -0.05) is 0 Å². The first kappa shape index (κ1) is 16.0. The third-order valence-electron chi connectivity index (χ3n) is 4.08. The number of rotatable bonds is 5. The van der Waals surface area contributed by atoms with Crippen LogP contribution in [0.25, 0.3) is 0 Å². The van der Waals surface area contributed by atoms with Gasteiger partial charge in [0.25, 0.3) is 5.91 Å². The molecule has 5 nitrogen and oxygen atoms in total. The maximum Gasteiger partial charge on any atom is 0.257 e. The lowest BCUT2D eigenvalue weighted by Gasteiger charge is -2.21. The fourth-order valence-corrected chi connectivity index (χ4v) is 2.89. The quantitative estimate of drug-likeness (QED) is 0.841. The molecular formula is C16H27N3O2. The van der Waals surface area contributed by atoms with Crippen LogP contribution < -0.4 is 5.73 Å². The van der Waals surface area contributed by atoms with E-state index < -0.39 is 0 Å². The first-order valence-corrected chi connectivity index (χ1v) is 7.90. The van der Waals surface area contributed by atoms with E-state index in [0.717, 1.165) is 70.1 Å². The van der Waals surface area contributed by atoms with Gasteiger partial charge in [0.2, 0.25) is 0 Å². The second-order valence-corrected chi connectivity index (χ2v) is 5.81. The van der Waals surface area contributed by atoms with Crippen molar-refractivity contribution < 1.29 is 9.21 Å². The van der Waals surface area contributed by atoms with E-state index in [-0.39, 0.29) is 5.91 Å². The zero-order valence-electron chi connectivity index (χ0n) is 13.2. The Morgan fingerprint density at radius 3 is 2.71 bits per heavy atom. The highest BCUT2D eigenvalue weighted by Crippen LogP contribution is 2.17. The molecule has 5 heteroatoms. The van der Waals surface area contributed by atoms with E-state index in [1.165, 1.54) is 0 Å². The lowest BCUT2D eigenvalue weighted by molar-refractivity contribution is 0.0759. The van der Waals surface area contributed by atoms with Gasteiger partial charge >= 0.3 is 0 Å². The van der Waals surface area contributed by atoms with Gasteiger partial charge in [-0.25, -0.2) is 0 Å². The second-order valence-electron chi connectivity index (χ2n) is 5.81. The maximum absolute atomic E-state index is 12.6. The molecule has 0 bridgehead atoms. The third kappa shape index (κ3) is 4.32.